The van der Waals surface area contributed by atoms with Crippen molar-refractivity contribution in [2.75, 3.05) is 5.32 Å². The summed E-state index contributed by atoms with van der Waals surface area (Å²) < 4.78 is 56.3. The summed E-state index contributed by atoms with van der Waals surface area (Å²) in [6, 6.07) is 18.5. The number of carbonyl (C=O) groups is 5. The molecular weight excluding hydrogens is 949 g/mol. The summed E-state index contributed by atoms with van der Waals surface area (Å²) in [5.74, 6) is -3.18. The van der Waals surface area contributed by atoms with Gasteiger partial charge in [-0.3, -0.25) is 19.8 Å². The van der Waals surface area contributed by atoms with Gasteiger partial charge in [-0.05, 0) is 58.7 Å². The van der Waals surface area contributed by atoms with E-state index in [0.29, 0.717) is 11.1 Å². The van der Waals surface area contributed by atoms with E-state index in [0.717, 1.165) is 21.7 Å². The van der Waals surface area contributed by atoms with Crippen LogP contribution in [0.25, 0.3) is 0 Å². The fourth-order valence-electron chi connectivity index (χ4n) is 7.09. The quantitative estimate of drug-likeness (QED) is 0.0250. The van der Waals surface area contributed by atoms with Crippen LogP contribution in [-0.4, -0.2) is 107 Å². The van der Waals surface area contributed by atoms with Gasteiger partial charge in [0, 0.05) is 29.9 Å². The number of benzene rings is 2. The second kappa shape index (κ2) is 20.3. The second-order valence-electron chi connectivity index (χ2n) is 18.5. The predicted octanol–water partition coefficient (Wildman–Crippen LogP) is 4.29. The Morgan fingerprint density at radius 1 is 0.957 bits per heavy atom. The zero-order chi connectivity index (χ0) is 50.6. The molecule has 1 saturated heterocycles. The molecule has 2 atom stereocenters. The molecule has 0 bridgehead atoms. The summed E-state index contributed by atoms with van der Waals surface area (Å²) in [4.78, 5) is 80.2. The third-order valence-electron chi connectivity index (χ3n) is 10.4. The van der Waals surface area contributed by atoms with Crippen molar-refractivity contribution < 1.29 is 60.6 Å². The third-order valence-corrected chi connectivity index (χ3v) is 12.1. The van der Waals surface area contributed by atoms with Crippen molar-refractivity contribution in [3.8, 4) is 0 Å². The van der Waals surface area contributed by atoms with Crippen molar-refractivity contribution in [2.45, 2.75) is 109 Å². The first-order valence-corrected chi connectivity index (χ1v) is 24.2. The monoisotopic (exact) mass is 1000 g/mol. The summed E-state index contributed by atoms with van der Waals surface area (Å²) in [6.45, 7) is 9.67. The summed E-state index contributed by atoms with van der Waals surface area (Å²) >= 11 is 0.885. The molecule has 70 heavy (non-hydrogen) atoms. The molecule has 4 amide bonds. The number of hydrogen-bond acceptors (Lipinski definition) is 17. The molecule has 370 valence electrons. The van der Waals surface area contributed by atoms with Crippen LogP contribution in [0.1, 0.15) is 88.6 Å². The molecule has 3 aromatic heterocycles. The van der Waals surface area contributed by atoms with Crippen LogP contribution < -0.4 is 15.2 Å². The number of esters is 1. The molecule has 1 aliphatic heterocycles. The number of rotatable bonds is 17. The fourth-order valence-corrected chi connectivity index (χ4v) is 8.62. The normalized spacial score (nSPS) is 16.7. The molecule has 2 fully saturated rings. The Balaban J connectivity index is 1.13. The Morgan fingerprint density at radius 3 is 2.19 bits per heavy atom. The highest BCUT2D eigenvalue weighted by atomic mass is 32.2. The average molecular weight is 1000 g/mol. The number of amides is 4. The number of nitrogens with zero attached hydrogens (tertiary/aromatic N) is 8. The molecule has 7 rings (SSSR count). The van der Waals surface area contributed by atoms with Gasteiger partial charge in [-0.1, -0.05) is 65.8 Å². The van der Waals surface area contributed by atoms with Crippen LogP contribution in [0, 0.1) is 0 Å². The lowest BCUT2D eigenvalue weighted by Gasteiger charge is -2.46. The fraction of sp³-hybridized carbons (Fsp3) is 0.391. The minimum Gasteiger partial charge on any atom is -0.731 e. The molecule has 24 heteroatoms. The van der Waals surface area contributed by atoms with Crippen molar-refractivity contribution in [1.29, 1.82) is 0 Å². The van der Waals surface area contributed by atoms with Crippen LogP contribution in [0.15, 0.2) is 102 Å². The van der Waals surface area contributed by atoms with Crippen molar-refractivity contribution in [2.24, 2.45) is 12.2 Å². The molecule has 22 nitrogen and oxygen atoms in total. The van der Waals surface area contributed by atoms with Crippen LogP contribution >= 0.6 is 11.3 Å². The topological polar surface area (TPSA) is 270 Å². The molecule has 4 heterocycles. The Bertz CT molecular complexity index is 2840. The summed E-state index contributed by atoms with van der Waals surface area (Å²) in [5.41, 5.74) is -1.70. The number of aryl methyl sites for hydroxylation is 1. The van der Waals surface area contributed by atoms with Crippen LogP contribution in [0.5, 0.6) is 0 Å². The van der Waals surface area contributed by atoms with Gasteiger partial charge >= 0.3 is 18.2 Å². The standard InChI is InChI=1S/C46H52N10O12S2/c1-44(2,3)66-42(60)50-41-48-33(28-69-41)35(52-68-46(20-21-46)40(59)65-37(30-16-10-8-11-17-30)31-18-12-9-13-19-31)38(57)49-36-34(56(39(36)58)70(62,63)64)27-55-47-23-32(51-55)26-54(43(61)67-45(4,5)6)25-29-15-14-22-53(7)24-29/h8-19,22-24,28,34,36-37H,20-21,25-27H2,1-7H3,(H2-,48,49,50,57,60,62,63,64)/b52-35-/t34-,36+/m1/s1. The molecule has 5 aromatic rings. The minimum atomic E-state index is -5.43. The van der Waals surface area contributed by atoms with Crippen LogP contribution in [0.4, 0.5) is 14.7 Å². The number of aromatic nitrogens is 5. The van der Waals surface area contributed by atoms with Gasteiger partial charge in [-0.15, -0.1) is 11.3 Å². The Morgan fingerprint density at radius 2 is 1.60 bits per heavy atom. The van der Waals surface area contributed by atoms with E-state index in [1.807, 2.05) is 48.3 Å². The van der Waals surface area contributed by atoms with Crippen LogP contribution in [-0.2, 0) is 70.4 Å². The number of anilines is 1. The van der Waals surface area contributed by atoms with Crippen molar-refractivity contribution in [1.82, 2.24) is 34.5 Å². The summed E-state index contributed by atoms with van der Waals surface area (Å²) in [6.07, 6.45) is 2.97. The number of hydrogen-bond donors (Lipinski definition) is 2. The SMILES string of the molecule is C[n+]1cccc(CN(Cc2cnn(C[C@@H]3[C@H](NC(=O)/C(=N\OC4(C(=O)OC(c5ccccc5)c5ccccc5)CC4)c4csc(NC(=O)OC(C)(C)C)n4)C(=O)N3S(=O)(=O)[O-])n2)C(=O)OC(C)(C)C)c1. The van der Waals surface area contributed by atoms with Gasteiger partial charge in [0.1, 0.15) is 35.7 Å². The number of β-lactam (4-membered cyclic amide) rings is 1. The van der Waals surface area contributed by atoms with Crippen LogP contribution in [0.3, 0.4) is 0 Å². The van der Waals surface area contributed by atoms with E-state index in [-0.39, 0.29) is 46.8 Å². The molecule has 0 unspecified atom stereocenters. The van der Waals surface area contributed by atoms with Gasteiger partial charge in [-0.25, -0.2) is 36.7 Å². The molecule has 1 saturated carbocycles. The van der Waals surface area contributed by atoms with Crippen molar-refractivity contribution in [3.05, 3.63) is 125 Å². The Kier molecular flexibility index (Phi) is 14.7. The maximum absolute atomic E-state index is 14.3. The summed E-state index contributed by atoms with van der Waals surface area (Å²) in [5, 5.41) is 18.9. The van der Waals surface area contributed by atoms with E-state index in [1.165, 1.54) is 16.5 Å². The lowest BCUT2D eigenvalue weighted by atomic mass is 9.98. The summed E-state index contributed by atoms with van der Waals surface area (Å²) in [7, 11) is -3.60. The van der Waals surface area contributed by atoms with Gasteiger partial charge in [0.25, 0.3) is 11.8 Å². The van der Waals surface area contributed by atoms with Gasteiger partial charge in [0.05, 0.1) is 31.9 Å². The molecule has 0 spiro atoms. The number of thiazole rings is 1. The van der Waals surface area contributed by atoms with E-state index < -0.39 is 87.5 Å². The third kappa shape index (κ3) is 12.9. The first kappa shape index (κ1) is 50.6. The van der Waals surface area contributed by atoms with Gasteiger partial charge in [0.2, 0.25) is 5.60 Å². The van der Waals surface area contributed by atoms with Gasteiger partial charge < -0.3 is 28.9 Å². The van der Waals surface area contributed by atoms with E-state index in [4.69, 9.17) is 19.0 Å². The van der Waals surface area contributed by atoms with E-state index in [9.17, 15) is 36.9 Å². The maximum atomic E-state index is 14.3. The Labute approximate surface area is 407 Å². The first-order valence-electron chi connectivity index (χ1n) is 21.9. The number of ether oxygens (including phenoxy) is 3. The first-order chi connectivity index (χ1) is 33.0. The van der Waals surface area contributed by atoms with Crippen molar-refractivity contribution in [3.63, 3.8) is 0 Å². The highest BCUT2D eigenvalue weighted by Crippen LogP contribution is 2.43. The number of oxime groups is 1. The lowest BCUT2D eigenvalue weighted by Crippen LogP contribution is -2.73. The average Bonchev–Trinajstić information content (AvgIpc) is 3.71. The smallest absolute Gasteiger partial charge is 0.413 e. The lowest BCUT2D eigenvalue weighted by molar-refractivity contribution is -0.672. The van der Waals surface area contributed by atoms with Crippen molar-refractivity contribution >= 4 is 62.5 Å². The Hall–Kier alpha value is -7.31. The second-order valence-corrected chi connectivity index (χ2v) is 20.6. The molecule has 2 aromatic carbocycles. The van der Waals surface area contributed by atoms with E-state index in [1.54, 1.807) is 90.1 Å². The molecule has 2 aliphatic rings. The molecule has 1 aliphatic carbocycles. The largest absolute Gasteiger partial charge is 0.731 e. The number of nitrogens with one attached hydrogen (secondary N) is 2. The molecule has 0 radical (unpaired) electrons. The predicted molar refractivity (Wildman–Crippen MR) is 248 cm³/mol. The number of pyridine rings is 1. The highest BCUT2D eigenvalue weighted by molar-refractivity contribution is 7.84. The number of carbonyl (C=O) groups excluding carboxylic acids is 5. The minimum absolute atomic E-state index is 0.0244. The zero-order valence-electron chi connectivity index (χ0n) is 39.3. The van der Waals surface area contributed by atoms with E-state index in [2.05, 4.69) is 31.0 Å². The van der Waals surface area contributed by atoms with Crippen LogP contribution in [0.2, 0.25) is 0 Å². The van der Waals surface area contributed by atoms with Gasteiger partial charge in [0.15, 0.2) is 39.6 Å². The molecule has 2 N–H and O–H groups in total. The van der Waals surface area contributed by atoms with E-state index >= 15 is 0 Å². The highest BCUT2D eigenvalue weighted by Gasteiger charge is 2.57. The maximum Gasteiger partial charge on any atom is 0.413 e. The molecular formula is C46H52N10O12S2. The van der Waals surface area contributed by atoms with Gasteiger partial charge in [-0.2, -0.15) is 15.0 Å². The zero-order valence-corrected chi connectivity index (χ0v) is 40.9.